The molecule has 2 N–H and O–H groups in total. The minimum atomic E-state index is -0.541. The fourth-order valence-corrected chi connectivity index (χ4v) is 4.75. The molecule has 1 unspecified atom stereocenters. The van der Waals surface area contributed by atoms with Gasteiger partial charge in [-0.1, -0.05) is 53.5 Å². The van der Waals surface area contributed by atoms with Gasteiger partial charge >= 0.3 is 0 Å². The van der Waals surface area contributed by atoms with Crippen molar-refractivity contribution in [2.24, 2.45) is 0 Å². The largest absolute Gasteiger partial charge is 0.497 e. The predicted molar refractivity (Wildman–Crippen MR) is 148 cm³/mol. The van der Waals surface area contributed by atoms with E-state index in [-0.39, 0.29) is 11.8 Å². The highest BCUT2D eigenvalue weighted by molar-refractivity contribution is 8.00. The van der Waals surface area contributed by atoms with E-state index in [0.717, 1.165) is 10.5 Å². The molecule has 0 saturated heterocycles. The summed E-state index contributed by atoms with van der Waals surface area (Å²) in [4.78, 5) is 26.7. The zero-order valence-electron chi connectivity index (χ0n) is 19.2. The van der Waals surface area contributed by atoms with Crippen LogP contribution in [-0.4, -0.2) is 18.9 Å². The predicted octanol–water partition coefficient (Wildman–Crippen LogP) is 7.73. The minimum Gasteiger partial charge on any atom is -0.497 e. The molecule has 182 valence electrons. The Morgan fingerprint density at radius 3 is 2.19 bits per heavy atom. The zero-order valence-corrected chi connectivity index (χ0v) is 21.5. The molecule has 4 aromatic rings. The first kappa shape index (κ1) is 25.6. The van der Waals surface area contributed by atoms with Crippen LogP contribution in [0.5, 0.6) is 5.75 Å². The number of benzene rings is 4. The van der Waals surface area contributed by atoms with Crippen LogP contribution in [0.3, 0.4) is 0 Å². The maximum absolute atomic E-state index is 13.3. The van der Waals surface area contributed by atoms with Gasteiger partial charge in [0.2, 0.25) is 5.91 Å². The highest BCUT2D eigenvalue weighted by Gasteiger charge is 2.23. The summed E-state index contributed by atoms with van der Waals surface area (Å²) in [6.45, 7) is 0. The Kier molecular flexibility index (Phi) is 8.54. The third-order valence-corrected chi connectivity index (χ3v) is 7.08. The molecule has 0 aliphatic rings. The van der Waals surface area contributed by atoms with Crippen molar-refractivity contribution in [1.82, 2.24) is 0 Å². The first-order chi connectivity index (χ1) is 17.4. The first-order valence-corrected chi connectivity index (χ1v) is 12.6. The van der Waals surface area contributed by atoms with Gasteiger partial charge in [0.1, 0.15) is 11.0 Å². The maximum atomic E-state index is 13.3. The second-order valence-corrected chi connectivity index (χ2v) is 9.75. The molecule has 0 aliphatic heterocycles. The summed E-state index contributed by atoms with van der Waals surface area (Å²) in [6.07, 6.45) is 0. The monoisotopic (exact) mass is 536 g/mol. The van der Waals surface area contributed by atoms with Gasteiger partial charge in [-0.2, -0.15) is 0 Å². The first-order valence-electron chi connectivity index (χ1n) is 11.0. The second-order valence-electron chi connectivity index (χ2n) is 7.73. The van der Waals surface area contributed by atoms with Crippen molar-refractivity contribution in [3.05, 3.63) is 118 Å². The van der Waals surface area contributed by atoms with Crippen molar-refractivity contribution in [2.75, 3.05) is 17.7 Å². The summed E-state index contributed by atoms with van der Waals surface area (Å²) in [6, 6.07) is 28.6. The smallest absolute Gasteiger partial charge is 0.255 e. The van der Waals surface area contributed by atoms with E-state index in [2.05, 4.69) is 10.6 Å². The van der Waals surface area contributed by atoms with Crippen molar-refractivity contribution < 1.29 is 14.3 Å². The third-order valence-electron chi connectivity index (χ3n) is 5.25. The lowest BCUT2D eigenvalue weighted by molar-refractivity contribution is -0.115. The van der Waals surface area contributed by atoms with Gasteiger partial charge in [-0.15, -0.1) is 11.8 Å². The maximum Gasteiger partial charge on any atom is 0.255 e. The van der Waals surface area contributed by atoms with Crippen molar-refractivity contribution >= 4 is 58.2 Å². The Hall–Kier alpha value is -3.45. The van der Waals surface area contributed by atoms with Crippen LogP contribution in [0.1, 0.15) is 21.2 Å². The average Bonchev–Trinajstić information content (AvgIpc) is 2.90. The Balaban J connectivity index is 1.48. The number of carbonyl (C=O) groups is 2. The fraction of sp³-hybridized carbons (Fsp3) is 0.0714. The Bertz CT molecular complexity index is 1350. The molecular formula is C28H22Cl2N2O3S. The van der Waals surface area contributed by atoms with Crippen LogP contribution in [0.15, 0.2) is 102 Å². The summed E-state index contributed by atoms with van der Waals surface area (Å²) >= 11 is 13.7. The lowest BCUT2D eigenvalue weighted by atomic mass is 10.1. The number of hydrogen-bond donors (Lipinski definition) is 2. The number of hydrogen-bond acceptors (Lipinski definition) is 4. The fourth-order valence-electron chi connectivity index (χ4n) is 3.39. The number of nitrogens with one attached hydrogen (secondary N) is 2. The standard InChI is InChI=1S/C28H22Cl2N2O3S/c1-35-22-12-7-19(8-13-22)27(33)31-21-10-14-23(15-11-21)36-26(18-5-3-2-4-6-18)28(34)32-25-17-20(29)9-16-24(25)30/h2-17,26H,1H3,(H,31,33)(H,32,34). The van der Waals surface area contributed by atoms with Crippen LogP contribution in [0.25, 0.3) is 0 Å². The minimum absolute atomic E-state index is 0.224. The number of thioether (sulfide) groups is 1. The summed E-state index contributed by atoms with van der Waals surface area (Å²) in [5.41, 5.74) is 2.46. The second kappa shape index (κ2) is 12.0. The van der Waals surface area contributed by atoms with E-state index in [9.17, 15) is 9.59 Å². The molecule has 0 bridgehead atoms. The van der Waals surface area contributed by atoms with Crippen LogP contribution >= 0.6 is 35.0 Å². The molecule has 1 atom stereocenters. The third kappa shape index (κ3) is 6.61. The van der Waals surface area contributed by atoms with E-state index in [1.54, 1.807) is 61.7 Å². The van der Waals surface area contributed by atoms with Gasteiger partial charge in [0.25, 0.3) is 5.91 Å². The highest BCUT2D eigenvalue weighted by atomic mass is 35.5. The van der Waals surface area contributed by atoms with Crippen molar-refractivity contribution in [1.29, 1.82) is 0 Å². The van der Waals surface area contributed by atoms with Crippen molar-refractivity contribution in [3.63, 3.8) is 0 Å². The molecule has 0 saturated carbocycles. The van der Waals surface area contributed by atoms with Crippen molar-refractivity contribution in [3.8, 4) is 5.75 Å². The van der Waals surface area contributed by atoms with Crippen LogP contribution in [0, 0.1) is 0 Å². The van der Waals surface area contributed by atoms with Crippen LogP contribution in [0.4, 0.5) is 11.4 Å². The number of carbonyl (C=O) groups excluding carboxylic acids is 2. The van der Waals surface area contributed by atoms with E-state index >= 15 is 0 Å². The molecule has 8 heteroatoms. The molecule has 0 spiro atoms. The molecular weight excluding hydrogens is 515 g/mol. The van der Waals surface area contributed by atoms with E-state index in [0.29, 0.717) is 32.7 Å². The van der Waals surface area contributed by atoms with E-state index in [1.165, 1.54) is 11.8 Å². The number of halogens is 2. The number of anilines is 2. The molecule has 36 heavy (non-hydrogen) atoms. The molecule has 2 amide bonds. The number of methoxy groups -OCH3 is 1. The van der Waals surface area contributed by atoms with E-state index < -0.39 is 5.25 Å². The average molecular weight is 537 g/mol. The van der Waals surface area contributed by atoms with Crippen molar-refractivity contribution in [2.45, 2.75) is 10.1 Å². The molecule has 0 heterocycles. The molecule has 5 nitrogen and oxygen atoms in total. The number of rotatable bonds is 8. The lowest BCUT2D eigenvalue weighted by Crippen LogP contribution is -2.19. The van der Waals surface area contributed by atoms with Gasteiger partial charge in [0, 0.05) is 21.2 Å². The van der Waals surface area contributed by atoms with Gasteiger partial charge < -0.3 is 15.4 Å². The van der Waals surface area contributed by atoms with Gasteiger partial charge in [-0.05, 0) is 72.3 Å². The molecule has 0 radical (unpaired) electrons. The van der Waals surface area contributed by atoms with Crippen LogP contribution in [-0.2, 0) is 4.79 Å². The SMILES string of the molecule is COc1ccc(C(=O)Nc2ccc(SC(C(=O)Nc3cc(Cl)ccc3Cl)c3ccccc3)cc2)cc1. The summed E-state index contributed by atoms with van der Waals surface area (Å²) in [5.74, 6) is 0.229. The summed E-state index contributed by atoms with van der Waals surface area (Å²) < 4.78 is 5.13. The van der Waals surface area contributed by atoms with Crippen LogP contribution in [0.2, 0.25) is 10.0 Å². The highest BCUT2D eigenvalue weighted by Crippen LogP contribution is 2.37. The van der Waals surface area contributed by atoms with Gasteiger partial charge in [0.05, 0.1) is 17.8 Å². The van der Waals surface area contributed by atoms with Crippen LogP contribution < -0.4 is 15.4 Å². The molecule has 0 aliphatic carbocycles. The van der Waals surface area contributed by atoms with E-state index in [4.69, 9.17) is 27.9 Å². The number of amides is 2. The van der Waals surface area contributed by atoms with E-state index in [1.807, 2.05) is 42.5 Å². The lowest BCUT2D eigenvalue weighted by Gasteiger charge is -2.18. The summed E-state index contributed by atoms with van der Waals surface area (Å²) in [5, 5.41) is 6.11. The number of ether oxygens (including phenoxy) is 1. The Morgan fingerprint density at radius 1 is 0.833 bits per heavy atom. The molecule has 4 rings (SSSR count). The summed E-state index contributed by atoms with van der Waals surface area (Å²) in [7, 11) is 1.58. The zero-order chi connectivity index (χ0) is 25.5. The molecule has 0 fully saturated rings. The Morgan fingerprint density at radius 2 is 1.53 bits per heavy atom. The topological polar surface area (TPSA) is 67.4 Å². The van der Waals surface area contributed by atoms with Gasteiger partial charge in [0.15, 0.2) is 0 Å². The van der Waals surface area contributed by atoms with Gasteiger partial charge in [-0.25, -0.2) is 0 Å². The molecule has 0 aromatic heterocycles. The quantitative estimate of drug-likeness (QED) is 0.226. The normalized spacial score (nSPS) is 11.4. The molecule has 4 aromatic carbocycles. The van der Waals surface area contributed by atoms with Gasteiger partial charge in [-0.3, -0.25) is 9.59 Å². The Labute approximate surface area is 223 Å².